The highest BCUT2D eigenvalue weighted by Gasteiger charge is 2.21. The summed E-state index contributed by atoms with van der Waals surface area (Å²) in [4.78, 5) is 19.6. The Labute approximate surface area is 197 Å². The van der Waals surface area contributed by atoms with Gasteiger partial charge in [-0.15, -0.1) is 0 Å². The van der Waals surface area contributed by atoms with E-state index >= 15 is 0 Å². The van der Waals surface area contributed by atoms with Crippen LogP contribution < -0.4 is 0 Å². The van der Waals surface area contributed by atoms with E-state index in [0.717, 1.165) is 46.0 Å². The van der Waals surface area contributed by atoms with E-state index < -0.39 is 0 Å². The molecule has 0 aliphatic heterocycles. The maximum absolute atomic E-state index is 13.1. The van der Waals surface area contributed by atoms with Gasteiger partial charge in [-0.25, -0.2) is 9.67 Å². The number of hydrogen-bond acceptors (Lipinski definition) is 3. The topological polar surface area (TPSA) is 56.0 Å². The van der Waals surface area contributed by atoms with Crippen molar-refractivity contribution in [1.82, 2.24) is 24.2 Å². The molecule has 0 N–H and O–H groups in total. The van der Waals surface area contributed by atoms with E-state index in [-0.39, 0.29) is 12.3 Å². The molecule has 4 rings (SSSR count). The number of fused-ring (bicyclic) bond motifs is 1. The number of nitrogens with zero attached hydrogens (tertiary/aromatic N) is 5. The van der Waals surface area contributed by atoms with Crippen LogP contribution in [0.15, 0.2) is 42.5 Å². The minimum atomic E-state index is 0.00709. The fraction of sp³-hybridized carbons (Fsp3) is 0.292. The van der Waals surface area contributed by atoms with Gasteiger partial charge in [-0.3, -0.25) is 4.79 Å². The summed E-state index contributed by atoms with van der Waals surface area (Å²) in [5.41, 5.74) is 5.35. The molecule has 1 amide bonds. The molecule has 2 aromatic heterocycles. The van der Waals surface area contributed by atoms with Crippen LogP contribution in [0.5, 0.6) is 0 Å². The van der Waals surface area contributed by atoms with Crippen LogP contribution in [0, 0.1) is 13.8 Å². The number of para-hydroxylation sites is 2. The highest BCUT2D eigenvalue weighted by Crippen LogP contribution is 2.27. The predicted molar refractivity (Wildman–Crippen MR) is 129 cm³/mol. The van der Waals surface area contributed by atoms with E-state index in [1.54, 1.807) is 21.7 Å². The second-order valence-electron chi connectivity index (χ2n) is 7.84. The first-order valence-electron chi connectivity index (χ1n) is 10.5. The normalized spacial score (nSPS) is 11.3. The third kappa shape index (κ3) is 4.12. The molecule has 0 unspecified atom stereocenters. The van der Waals surface area contributed by atoms with Crippen LogP contribution in [0.1, 0.15) is 29.7 Å². The van der Waals surface area contributed by atoms with Crippen molar-refractivity contribution in [2.24, 2.45) is 0 Å². The van der Waals surface area contributed by atoms with Crippen molar-refractivity contribution in [2.45, 2.75) is 40.3 Å². The molecule has 4 aromatic rings. The van der Waals surface area contributed by atoms with Gasteiger partial charge in [0.05, 0.1) is 40.4 Å². The highest BCUT2D eigenvalue weighted by molar-refractivity contribution is 6.35. The summed E-state index contributed by atoms with van der Waals surface area (Å²) >= 11 is 12.4. The van der Waals surface area contributed by atoms with E-state index in [0.29, 0.717) is 16.6 Å². The number of aryl methyl sites for hydroxylation is 2. The number of imidazole rings is 1. The number of carbonyl (C=O) groups excluding carboxylic acids is 1. The molecule has 0 atom stereocenters. The zero-order valence-electron chi connectivity index (χ0n) is 18.6. The monoisotopic (exact) mass is 469 g/mol. The Morgan fingerprint density at radius 1 is 1.12 bits per heavy atom. The van der Waals surface area contributed by atoms with Crippen LogP contribution >= 0.6 is 23.2 Å². The molecule has 0 spiro atoms. The van der Waals surface area contributed by atoms with Gasteiger partial charge in [-0.1, -0.05) is 35.3 Å². The maximum Gasteiger partial charge on any atom is 0.227 e. The van der Waals surface area contributed by atoms with Crippen molar-refractivity contribution in [3.05, 3.63) is 75.3 Å². The lowest BCUT2D eigenvalue weighted by Crippen LogP contribution is -2.29. The summed E-state index contributed by atoms with van der Waals surface area (Å²) in [6.07, 6.45) is 0.256. The Balaban J connectivity index is 1.56. The van der Waals surface area contributed by atoms with E-state index in [1.807, 2.05) is 45.2 Å². The molecule has 166 valence electrons. The maximum atomic E-state index is 13.1. The summed E-state index contributed by atoms with van der Waals surface area (Å²) < 4.78 is 3.92. The lowest BCUT2D eigenvalue weighted by molar-refractivity contribution is -0.129. The van der Waals surface area contributed by atoms with Crippen LogP contribution in [0.3, 0.4) is 0 Å². The Morgan fingerprint density at radius 3 is 2.59 bits per heavy atom. The van der Waals surface area contributed by atoms with E-state index in [9.17, 15) is 4.79 Å². The number of amides is 1. The second kappa shape index (κ2) is 8.96. The largest absolute Gasteiger partial charge is 0.338 e. The molecule has 6 nitrogen and oxygen atoms in total. The molecule has 0 fully saturated rings. The first kappa shape index (κ1) is 22.4. The van der Waals surface area contributed by atoms with Crippen LogP contribution in [-0.4, -0.2) is 37.2 Å². The fourth-order valence-electron chi connectivity index (χ4n) is 4.00. The van der Waals surface area contributed by atoms with E-state index in [1.165, 1.54) is 0 Å². The minimum absolute atomic E-state index is 0.00709. The van der Waals surface area contributed by atoms with Crippen molar-refractivity contribution < 1.29 is 4.79 Å². The summed E-state index contributed by atoms with van der Waals surface area (Å²) in [6, 6.07) is 13.3. The highest BCUT2D eigenvalue weighted by atomic mass is 35.5. The van der Waals surface area contributed by atoms with Crippen LogP contribution in [0.2, 0.25) is 10.0 Å². The number of hydrogen-bond donors (Lipinski definition) is 0. The van der Waals surface area contributed by atoms with Crippen molar-refractivity contribution in [1.29, 1.82) is 0 Å². The SMILES string of the molecule is CCn1c(CN(C)C(=O)Cc2c(C)nn(-c3ccc(Cl)cc3Cl)c2C)nc2ccccc21. The van der Waals surface area contributed by atoms with Gasteiger partial charge in [-0.2, -0.15) is 5.10 Å². The molecule has 2 aromatic carbocycles. The van der Waals surface area contributed by atoms with Crippen molar-refractivity contribution in [3.8, 4) is 5.69 Å². The summed E-state index contributed by atoms with van der Waals surface area (Å²) in [7, 11) is 1.81. The van der Waals surface area contributed by atoms with Crippen molar-refractivity contribution in [3.63, 3.8) is 0 Å². The average molecular weight is 470 g/mol. The fourth-order valence-corrected chi connectivity index (χ4v) is 4.49. The molecule has 0 saturated heterocycles. The standard InChI is InChI=1S/C24H25Cl2N5O/c1-5-30-22-9-7-6-8-20(22)27-23(30)14-29(4)24(32)13-18-15(2)28-31(16(18)3)21-11-10-17(25)12-19(21)26/h6-12H,5,13-14H2,1-4H3. The Hall–Kier alpha value is -2.83. The number of rotatable bonds is 6. The zero-order valence-corrected chi connectivity index (χ0v) is 20.1. The summed E-state index contributed by atoms with van der Waals surface area (Å²) in [5.74, 6) is 0.884. The third-order valence-electron chi connectivity index (χ3n) is 5.76. The lowest BCUT2D eigenvalue weighted by atomic mass is 10.1. The molecule has 0 aliphatic carbocycles. The van der Waals surface area contributed by atoms with Crippen LogP contribution in [0.4, 0.5) is 0 Å². The van der Waals surface area contributed by atoms with Gasteiger partial charge in [0.25, 0.3) is 0 Å². The molecule has 0 bridgehead atoms. The van der Waals surface area contributed by atoms with Gasteiger partial charge in [0.1, 0.15) is 5.82 Å². The predicted octanol–water partition coefficient (Wildman–Crippen LogP) is 5.37. The molecule has 32 heavy (non-hydrogen) atoms. The molecule has 0 radical (unpaired) electrons. The lowest BCUT2D eigenvalue weighted by Gasteiger charge is -2.18. The van der Waals surface area contributed by atoms with Crippen LogP contribution in [-0.2, 0) is 24.3 Å². The number of benzene rings is 2. The second-order valence-corrected chi connectivity index (χ2v) is 8.69. The summed E-state index contributed by atoms with van der Waals surface area (Å²) in [5, 5.41) is 5.70. The summed E-state index contributed by atoms with van der Waals surface area (Å²) in [6.45, 7) is 7.18. The number of carbonyl (C=O) groups is 1. The van der Waals surface area contributed by atoms with Crippen molar-refractivity contribution >= 4 is 40.1 Å². The van der Waals surface area contributed by atoms with E-state index in [2.05, 4.69) is 22.7 Å². The van der Waals surface area contributed by atoms with E-state index in [4.69, 9.17) is 28.2 Å². The Kier molecular flexibility index (Phi) is 6.26. The first-order chi connectivity index (χ1) is 15.3. The Bertz CT molecular complexity index is 1310. The smallest absolute Gasteiger partial charge is 0.227 e. The average Bonchev–Trinajstić information content (AvgIpc) is 3.25. The van der Waals surface area contributed by atoms with Gasteiger partial charge in [-0.05, 0) is 51.1 Å². The van der Waals surface area contributed by atoms with Gasteiger partial charge < -0.3 is 9.47 Å². The van der Waals surface area contributed by atoms with Crippen LogP contribution in [0.25, 0.3) is 16.7 Å². The molecular weight excluding hydrogens is 445 g/mol. The molecule has 2 heterocycles. The van der Waals surface area contributed by atoms with Gasteiger partial charge in [0, 0.05) is 29.9 Å². The third-order valence-corrected chi connectivity index (χ3v) is 6.30. The van der Waals surface area contributed by atoms with Gasteiger partial charge >= 0.3 is 0 Å². The number of likely N-dealkylation sites (N-methyl/N-ethyl adjacent to an activating group) is 1. The van der Waals surface area contributed by atoms with Gasteiger partial charge in [0.2, 0.25) is 5.91 Å². The molecule has 8 heteroatoms. The first-order valence-corrected chi connectivity index (χ1v) is 11.2. The Morgan fingerprint density at radius 2 is 1.88 bits per heavy atom. The molecular formula is C24H25Cl2N5O. The number of aromatic nitrogens is 4. The zero-order chi connectivity index (χ0) is 23.0. The van der Waals surface area contributed by atoms with Gasteiger partial charge in [0.15, 0.2) is 0 Å². The quantitative estimate of drug-likeness (QED) is 0.381. The van der Waals surface area contributed by atoms with Crippen molar-refractivity contribution in [2.75, 3.05) is 7.05 Å². The molecule has 0 aliphatic rings. The molecule has 0 saturated carbocycles. The number of halogens is 2. The minimum Gasteiger partial charge on any atom is -0.338 e.